The van der Waals surface area contributed by atoms with Crippen LogP contribution in [-0.2, 0) is 4.74 Å². The summed E-state index contributed by atoms with van der Waals surface area (Å²) < 4.78 is 4.41. The van der Waals surface area contributed by atoms with E-state index in [1.54, 1.807) is 0 Å². The molecule has 0 aliphatic rings. The molecular formula is C3H8N2O. The van der Waals surface area contributed by atoms with Crippen LogP contribution < -0.4 is 11.5 Å². The Bertz CT molecular complexity index is 59.8. The molecule has 0 aromatic heterocycles. The van der Waals surface area contributed by atoms with Gasteiger partial charge < -0.3 is 16.2 Å². The molecule has 6 heavy (non-hydrogen) atoms. The Labute approximate surface area is 36.6 Å². The van der Waals surface area contributed by atoms with Crippen molar-refractivity contribution in [1.29, 1.82) is 0 Å². The molecule has 0 bridgehead atoms. The van der Waals surface area contributed by atoms with Gasteiger partial charge in [-0.2, -0.15) is 0 Å². The summed E-state index contributed by atoms with van der Waals surface area (Å²) in [4.78, 5) is 0. The molecule has 3 heteroatoms. The summed E-state index contributed by atoms with van der Waals surface area (Å²) >= 11 is 0. The number of hydrogen-bond donors (Lipinski definition) is 2. The number of hydrogen-bond acceptors (Lipinski definition) is 3. The van der Waals surface area contributed by atoms with E-state index in [0.717, 1.165) is 0 Å². The summed E-state index contributed by atoms with van der Waals surface area (Å²) in [6, 6.07) is 0. The van der Waals surface area contributed by atoms with Crippen LogP contribution in [0.25, 0.3) is 0 Å². The first-order chi connectivity index (χ1) is 2.81. The molecule has 0 atom stereocenters. The summed E-state index contributed by atoms with van der Waals surface area (Å²) in [5.74, 6) is 0.245. The second kappa shape index (κ2) is 2.38. The van der Waals surface area contributed by atoms with Crippen LogP contribution in [0.3, 0.4) is 0 Å². The lowest BCUT2D eigenvalue weighted by Crippen LogP contribution is -2.01. The van der Waals surface area contributed by atoms with E-state index in [-0.39, 0.29) is 5.88 Å². The summed E-state index contributed by atoms with van der Waals surface area (Å²) in [7, 11) is 1.46. The molecular weight excluding hydrogens is 80.0 g/mol. The van der Waals surface area contributed by atoms with Crippen LogP contribution in [0.5, 0.6) is 0 Å². The van der Waals surface area contributed by atoms with Gasteiger partial charge in [0.2, 0.25) is 0 Å². The van der Waals surface area contributed by atoms with Gasteiger partial charge in [0.15, 0.2) is 5.88 Å². The van der Waals surface area contributed by atoms with Crippen LogP contribution in [0.15, 0.2) is 12.1 Å². The molecule has 0 aliphatic heterocycles. The predicted molar refractivity (Wildman–Crippen MR) is 23.5 cm³/mol. The fourth-order valence-corrected chi connectivity index (χ4v) is 0.0680. The Hall–Kier alpha value is -0.860. The monoisotopic (exact) mass is 88.1 g/mol. The first-order valence-corrected chi connectivity index (χ1v) is 1.52. The highest BCUT2D eigenvalue weighted by Gasteiger charge is 1.72. The maximum absolute atomic E-state index is 4.99. The lowest BCUT2D eigenvalue weighted by Gasteiger charge is -1.91. The second-order valence-corrected chi connectivity index (χ2v) is 0.773. The van der Waals surface area contributed by atoms with E-state index in [1.165, 1.54) is 13.3 Å². The molecule has 0 amide bonds. The fourth-order valence-electron chi connectivity index (χ4n) is 0.0680. The topological polar surface area (TPSA) is 61.3 Å². The molecule has 36 valence electrons. The van der Waals surface area contributed by atoms with Gasteiger partial charge in [-0.15, -0.1) is 0 Å². The highest BCUT2D eigenvalue weighted by atomic mass is 16.5. The van der Waals surface area contributed by atoms with Gasteiger partial charge in [0.1, 0.15) is 0 Å². The zero-order chi connectivity index (χ0) is 4.99. The maximum Gasteiger partial charge on any atom is 0.199 e. The van der Waals surface area contributed by atoms with Gasteiger partial charge in [-0.05, 0) is 0 Å². The third-order valence-corrected chi connectivity index (χ3v) is 0.400. The Morgan fingerprint density at radius 3 is 2.33 bits per heavy atom. The van der Waals surface area contributed by atoms with Crippen LogP contribution in [0.2, 0.25) is 0 Å². The van der Waals surface area contributed by atoms with Gasteiger partial charge in [-0.1, -0.05) is 0 Å². The van der Waals surface area contributed by atoms with Crippen molar-refractivity contribution < 1.29 is 4.74 Å². The van der Waals surface area contributed by atoms with Crippen molar-refractivity contribution in [2.45, 2.75) is 0 Å². The molecule has 0 rings (SSSR count). The van der Waals surface area contributed by atoms with Crippen molar-refractivity contribution in [3.8, 4) is 0 Å². The van der Waals surface area contributed by atoms with Gasteiger partial charge in [0.05, 0.1) is 13.3 Å². The third kappa shape index (κ3) is 1.46. The van der Waals surface area contributed by atoms with Gasteiger partial charge in [-0.3, -0.25) is 0 Å². The lowest BCUT2D eigenvalue weighted by atomic mass is 10.9. The van der Waals surface area contributed by atoms with Gasteiger partial charge >= 0.3 is 0 Å². The zero-order valence-electron chi connectivity index (χ0n) is 3.64. The minimum absolute atomic E-state index is 0.245. The maximum atomic E-state index is 4.99. The van der Waals surface area contributed by atoms with Crippen LogP contribution in [-0.4, -0.2) is 7.11 Å². The Morgan fingerprint density at radius 1 is 1.83 bits per heavy atom. The number of rotatable bonds is 1. The summed E-state index contributed by atoms with van der Waals surface area (Å²) in [6.45, 7) is 0. The zero-order valence-corrected chi connectivity index (χ0v) is 3.64. The largest absolute Gasteiger partial charge is 0.482 e. The van der Waals surface area contributed by atoms with Crippen molar-refractivity contribution in [1.82, 2.24) is 0 Å². The molecule has 0 spiro atoms. The Balaban J connectivity index is 3.22. The molecule has 4 N–H and O–H groups in total. The van der Waals surface area contributed by atoms with Crippen LogP contribution in [0.4, 0.5) is 0 Å². The molecule has 0 saturated heterocycles. The summed E-state index contributed by atoms with van der Waals surface area (Å²) in [5.41, 5.74) is 9.86. The van der Waals surface area contributed by atoms with E-state index in [2.05, 4.69) is 4.74 Å². The summed E-state index contributed by atoms with van der Waals surface area (Å²) in [6.07, 6.45) is 1.19. The highest BCUT2D eigenvalue weighted by Crippen LogP contribution is 1.72. The van der Waals surface area contributed by atoms with Crippen molar-refractivity contribution in [2.24, 2.45) is 11.5 Å². The van der Waals surface area contributed by atoms with E-state index in [4.69, 9.17) is 11.5 Å². The first kappa shape index (κ1) is 5.14. The molecule has 0 heterocycles. The minimum atomic E-state index is 0.245. The molecule has 0 radical (unpaired) electrons. The van der Waals surface area contributed by atoms with Crippen LogP contribution in [0.1, 0.15) is 0 Å². The lowest BCUT2D eigenvalue weighted by molar-refractivity contribution is 0.286. The number of nitrogens with two attached hydrogens (primary N) is 2. The van der Waals surface area contributed by atoms with Gasteiger partial charge in [0, 0.05) is 0 Å². The minimum Gasteiger partial charge on any atom is -0.482 e. The van der Waals surface area contributed by atoms with Crippen LogP contribution >= 0.6 is 0 Å². The predicted octanol–water partition coefficient (Wildman–Crippen LogP) is -0.651. The van der Waals surface area contributed by atoms with Gasteiger partial charge in [0.25, 0.3) is 0 Å². The molecule has 0 aliphatic carbocycles. The van der Waals surface area contributed by atoms with E-state index < -0.39 is 0 Å². The Kier molecular flexibility index (Phi) is 2.04. The molecule has 0 aromatic carbocycles. The molecule has 3 nitrogen and oxygen atoms in total. The normalized spacial score (nSPS) is 11.2. The fraction of sp³-hybridized carbons (Fsp3) is 0.333. The summed E-state index contributed by atoms with van der Waals surface area (Å²) in [5, 5.41) is 0. The van der Waals surface area contributed by atoms with Gasteiger partial charge in [-0.25, -0.2) is 0 Å². The SMILES string of the molecule is CO/C(N)=C\N. The smallest absolute Gasteiger partial charge is 0.199 e. The molecule has 0 fully saturated rings. The average Bonchev–Trinajstić information content (AvgIpc) is 1.65. The van der Waals surface area contributed by atoms with Crippen molar-refractivity contribution >= 4 is 0 Å². The van der Waals surface area contributed by atoms with E-state index in [1.807, 2.05) is 0 Å². The highest BCUT2D eigenvalue weighted by molar-refractivity contribution is 4.79. The average molecular weight is 88.1 g/mol. The Morgan fingerprint density at radius 2 is 2.33 bits per heavy atom. The molecule has 0 saturated carbocycles. The van der Waals surface area contributed by atoms with Crippen molar-refractivity contribution in [3.05, 3.63) is 12.1 Å². The third-order valence-electron chi connectivity index (χ3n) is 0.400. The van der Waals surface area contributed by atoms with Crippen LogP contribution in [0, 0.1) is 0 Å². The number of ether oxygens (including phenoxy) is 1. The quantitative estimate of drug-likeness (QED) is 0.419. The molecule has 0 aromatic rings. The van der Waals surface area contributed by atoms with Crippen molar-refractivity contribution in [2.75, 3.05) is 7.11 Å². The van der Waals surface area contributed by atoms with Crippen molar-refractivity contribution in [3.63, 3.8) is 0 Å². The van der Waals surface area contributed by atoms with E-state index >= 15 is 0 Å². The standard InChI is InChI=1S/C3H8N2O/c1-6-3(5)2-4/h2H,4-5H2,1H3/b3-2-. The molecule has 0 unspecified atom stereocenters. The first-order valence-electron chi connectivity index (χ1n) is 1.52. The second-order valence-electron chi connectivity index (χ2n) is 0.773. The van der Waals surface area contributed by atoms with E-state index in [9.17, 15) is 0 Å². The number of methoxy groups -OCH3 is 1. The van der Waals surface area contributed by atoms with E-state index in [0.29, 0.717) is 0 Å².